The van der Waals surface area contributed by atoms with Gasteiger partial charge in [-0.2, -0.15) is 5.10 Å². The second-order valence-corrected chi connectivity index (χ2v) is 7.64. The summed E-state index contributed by atoms with van der Waals surface area (Å²) < 4.78 is 15.4. The predicted molar refractivity (Wildman–Crippen MR) is 104 cm³/mol. The number of nitrogens with zero attached hydrogens (tertiary/aromatic N) is 4. The summed E-state index contributed by atoms with van der Waals surface area (Å²) in [5.74, 6) is 0.925. The van der Waals surface area contributed by atoms with Crippen molar-refractivity contribution in [2.75, 3.05) is 26.8 Å². The second kappa shape index (κ2) is 6.38. The van der Waals surface area contributed by atoms with Crippen LogP contribution in [0.15, 0.2) is 36.8 Å². The maximum atomic E-state index is 13.1. The molecule has 1 aromatic carbocycles. The van der Waals surface area contributed by atoms with Gasteiger partial charge in [-0.1, -0.05) is 6.07 Å². The standard InChI is InChI=1S/C21H24N4O3/c1-23-10-11-25-19(23)17(14-22-25)20(26)24-8-6-21(7-9-24)18-4-3-16(27-2)13-15(18)5-12-28-21/h3-4,10-11,13-14H,5-9,12H2,1-2H3. The Labute approximate surface area is 163 Å². The minimum atomic E-state index is -0.296. The van der Waals surface area contributed by atoms with Crippen LogP contribution in [-0.4, -0.2) is 51.8 Å². The maximum Gasteiger partial charge on any atom is 0.259 e. The van der Waals surface area contributed by atoms with Crippen molar-refractivity contribution in [1.29, 1.82) is 0 Å². The van der Waals surface area contributed by atoms with Crippen LogP contribution in [0.25, 0.3) is 5.65 Å². The summed E-state index contributed by atoms with van der Waals surface area (Å²) in [5.41, 5.74) is 3.74. The van der Waals surface area contributed by atoms with E-state index in [1.54, 1.807) is 17.8 Å². The van der Waals surface area contributed by atoms with Crippen LogP contribution >= 0.6 is 0 Å². The molecule has 2 aliphatic heterocycles. The van der Waals surface area contributed by atoms with E-state index < -0.39 is 0 Å². The van der Waals surface area contributed by atoms with E-state index in [1.807, 2.05) is 35.0 Å². The van der Waals surface area contributed by atoms with Gasteiger partial charge in [-0.05, 0) is 42.5 Å². The van der Waals surface area contributed by atoms with Crippen molar-refractivity contribution in [2.45, 2.75) is 24.9 Å². The van der Waals surface area contributed by atoms with Gasteiger partial charge in [0.1, 0.15) is 17.0 Å². The molecule has 2 aliphatic rings. The maximum absolute atomic E-state index is 13.1. The van der Waals surface area contributed by atoms with Gasteiger partial charge in [0.2, 0.25) is 0 Å². The summed E-state index contributed by atoms with van der Waals surface area (Å²) in [6, 6.07) is 6.26. The SMILES string of the molecule is COc1ccc2c(c1)CCOC21CCN(C(=O)c2cnn3ccn(C)c23)CC1. The molecule has 7 nitrogen and oxygen atoms in total. The molecular formula is C21H24N4O3. The highest BCUT2D eigenvalue weighted by atomic mass is 16.5. The molecule has 7 heteroatoms. The van der Waals surface area contributed by atoms with Crippen molar-refractivity contribution >= 4 is 11.6 Å². The van der Waals surface area contributed by atoms with Crippen LogP contribution in [0.5, 0.6) is 5.75 Å². The van der Waals surface area contributed by atoms with E-state index in [0.29, 0.717) is 25.3 Å². The lowest BCUT2D eigenvalue weighted by Gasteiger charge is -2.45. The van der Waals surface area contributed by atoms with Gasteiger partial charge in [0.05, 0.1) is 25.5 Å². The van der Waals surface area contributed by atoms with Gasteiger partial charge in [-0.25, -0.2) is 4.52 Å². The molecule has 0 radical (unpaired) electrons. The highest BCUT2D eigenvalue weighted by Gasteiger charge is 2.42. The van der Waals surface area contributed by atoms with E-state index in [9.17, 15) is 4.79 Å². The van der Waals surface area contributed by atoms with E-state index in [1.165, 1.54) is 11.1 Å². The first-order valence-electron chi connectivity index (χ1n) is 9.71. The van der Waals surface area contributed by atoms with Gasteiger partial charge in [-0.3, -0.25) is 4.79 Å². The number of ether oxygens (including phenoxy) is 2. The van der Waals surface area contributed by atoms with Crippen LogP contribution in [0.1, 0.15) is 34.3 Å². The number of carbonyl (C=O) groups excluding carboxylic acids is 1. The zero-order chi connectivity index (χ0) is 19.3. The molecule has 4 heterocycles. The number of piperidine rings is 1. The fourth-order valence-corrected chi connectivity index (χ4v) is 4.64. The average Bonchev–Trinajstić information content (AvgIpc) is 3.31. The summed E-state index contributed by atoms with van der Waals surface area (Å²) in [7, 11) is 3.63. The average molecular weight is 380 g/mol. The summed E-state index contributed by atoms with van der Waals surface area (Å²) >= 11 is 0. The number of imidazole rings is 1. The minimum absolute atomic E-state index is 0.0393. The first-order valence-corrected chi connectivity index (χ1v) is 9.71. The third kappa shape index (κ3) is 2.53. The fourth-order valence-electron chi connectivity index (χ4n) is 4.64. The van der Waals surface area contributed by atoms with Gasteiger partial charge in [0.25, 0.3) is 5.91 Å². The smallest absolute Gasteiger partial charge is 0.259 e. The van der Waals surface area contributed by atoms with Crippen molar-refractivity contribution in [3.05, 3.63) is 53.5 Å². The molecule has 1 spiro atoms. The molecule has 0 saturated carbocycles. The molecule has 5 rings (SSSR count). The Balaban J connectivity index is 1.38. The minimum Gasteiger partial charge on any atom is -0.497 e. The topological polar surface area (TPSA) is 61.0 Å². The van der Waals surface area contributed by atoms with Crippen molar-refractivity contribution in [3.63, 3.8) is 0 Å². The number of aromatic nitrogens is 3. The Bertz CT molecular complexity index is 1040. The van der Waals surface area contributed by atoms with Crippen LogP contribution in [0.3, 0.4) is 0 Å². The lowest BCUT2D eigenvalue weighted by molar-refractivity contribution is -0.0935. The molecular weight excluding hydrogens is 356 g/mol. The molecule has 0 aliphatic carbocycles. The fraction of sp³-hybridized carbons (Fsp3) is 0.429. The van der Waals surface area contributed by atoms with E-state index in [2.05, 4.69) is 17.2 Å². The van der Waals surface area contributed by atoms with Crippen LogP contribution < -0.4 is 4.74 Å². The van der Waals surface area contributed by atoms with Crippen LogP contribution in [0.4, 0.5) is 0 Å². The van der Waals surface area contributed by atoms with Crippen molar-refractivity contribution in [1.82, 2.24) is 19.1 Å². The Morgan fingerprint density at radius 2 is 2.07 bits per heavy atom. The van der Waals surface area contributed by atoms with Crippen LogP contribution in [0, 0.1) is 0 Å². The summed E-state index contributed by atoms with van der Waals surface area (Å²) in [6.45, 7) is 2.06. The third-order valence-electron chi connectivity index (χ3n) is 6.18. The zero-order valence-corrected chi connectivity index (χ0v) is 16.2. The lowest BCUT2D eigenvalue weighted by Crippen LogP contribution is -2.48. The molecule has 28 heavy (non-hydrogen) atoms. The Morgan fingerprint density at radius 3 is 2.86 bits per heavy atom. The number of fused-ring (bicyclic) bond motifs is 3. The van der Waals surface area contributed by atoms with Crippen molar-refractivity contribution < 1.29 is 14.3 Å². The number of aryl methyl sites for hydroxylation is 1. The van der Waals surface area contributed by atoms with Gasteiger partial charge in [0, 0.05) is 32.5 Å². The molecule has 2 aromatic heterocycles. The van der Waals surface area contributed by atoms with Gasteiger partial charge >= 0.3 is 0 Å². The van der Waals surface area contributed by atoms with Crippen molar-refractivity contribution in [3.8, 4) is 5.75 Å². The summed E-state index contributed by atoms with van der Waals surface area (Å²) in [4.78, 5) is 15.1. The van der Waals surface area contributed by atoms with Gasteiger partial charge < -0.3 is 18.9 Å². The van der Waals surface area contributed by atoms with Crippen molar-refractivity contribution in [2.24, 2.45) is 7.05 Å². The zero-order valence-electron chi connectivity index (χ0n) is 16.2. The largest absolute Gasteiger partial charge is 0.497 e. The molecule has 3 aromatic rings. The second-order valence-electron chi connectivity index (χ2n) is 7.64. The number of carbonyl (C=O) groups is 1. The molecule has 1 fully saturated rings. The summed E-state index contributed by atoms with van der Waals surface area (Å²) in [5, 5.41) is 4.30. The molecule has 0 N–H and O–H groups in total. The normalized spacial score (nSPS) is 18.4. The number of benzene rings is 1. The van der Waals surface area contributed by atoms with Gasteiger partial charge in [0.15, 0.2) is 0 Å². The van der Waals surface area contributed by atoms with Crippen LogP contribution in [0.2, 0.25) is 0 Å². The molecule has 1 saturated heterocycles. The number of hydrogen-bond donors (Lipinski definition) is 0. The first kappa shape index (κ1) is 17.3. The Kier molecular flexibility index (Phi) is 3.94. The van der Waals surface area contributed by atoms with E-state index in [0.717, 1.165) is 30.7 Å². The summed E-state index contributed by atoms with van der Waals surface area (Å²) in [6.07, 6.45) is 7.94. The van der Waals surface area contributed by atoms with E-state index >= 15 is 0 Å². The van der Waals surface area contributed by atoms with Gasteiger partial charge in [-0.15, -0.1) is 0 Å². The molecule has 0 unspecified atom stereocenters. The number of likely N-dealkylation sites (tertiary alicyclic amines) is 1. The molecule has 0 atom stereocenters. The van der Waals surface area contributed by atoms with Crippen LogP contribution in [-0.2, 0) is 23.8 Å². The molecule has 146 valence electrons. The lowest BCUT2D eigenvalue weighted by atomic mass is 9.79. The van der Waals surface area contributed by atoms with E-state index in [4.69, 9.17) is 9.47 Å². The molecule has 0 bridgehead atoms. The number of hydrogen-bond acceptors (Lipinski definition) is 4. The number of amides is 1. The monoisotopic (exact) mass is 380 g/mol. The number of rotatable bonds is 2. The van der Waals surface area contributed by atoms with E-state index in [-0.39, 0.29) is 11.5 Å². The number of methoxy groups -OCH3 is 1. The quantitative estimate of drug-likeness (QED) is 0.685. The Hall–Kier alpha value is -2.80. The molecule has 1 amide bonds. The Morgan fingerprint density at radius 1 is 1.25 bits per heavy atom. The third-order valence-corrected chi connectivity index (χ3v) is 6.18. The first-order chi connectivity index (χ1) is 13.6. The highest BCUT2D eigenvalue weighted by molar-refractivity contribution is 5.99. The highest BCUT2D eigenvalue weighted by Crippen LogP contribution is 2.42. The predicted octanol–water partition coefficient (Wildman–Crippen LogP) is 2.39.